The topological polar surface area (TPSA) is 95.8 Å². The van der Waals surface area contributed by atoms with Crippen molar-refractivity contribution in [1.82, 2.24) is 30.4 Å². The van der Waals surface area contributed by atoms with Crippen LogP contribution in [0.2, 0.25) is 0 Å². The van der Waals surface area contributed by atoms with E-state index >= 15 is 0 Å². The Kier molecular flexibility index (Phi) is 2.34. The molecular weight excluding hydrogens is 198 g/mol. The van der Waals surface area contributed by atoms with Gasteiger partial charge < -0.3 is 10.0 Å². The van der Waals surface area contributed by atoms with E-state index in [4.69, 9.17) is 5.11 Å². The van der Waals surface area contributed by atoms with Crippen LogP contribution in [0.3, 0.4) is 0 Å². The van der Waals surface area contributed by atoms with Crippen molar-refractivity contribution in [3.63, 3.8) is 0 Å². The Balaban J connectivity index is 2.49. The molecule has 1 radical (unpaired) electrons. The number of nitrogens with one attached hydrogen (secondary N) is 1. The number of aromatic amines is 1. The van der Waals surface area contributed by atoms with Gasteiger partial charge in [-0.05, 0) is 0 Å². The van der Waals surface area contributed by atoms with E-state index < -0.39 is 0 Å². The van der Waals surface area contributed by atoms with E-state index in [0.717, 1.165) is 0 Å². The molecule has 2 rings (SSSR count). The van der Waals surface area contributed by atoms with Crippen LogP contribution in [0.15, 0.2) is 0 Å². The molecule has 0 spiro atoms. The van der Waals surface area contributed by atoms with Crippen molar-refractivity contribution in [2.75, 3.05) is 19.0 Å². The number of aromatic nitrogens is 6. The van der Waals surface area contributed by atoms with E-state index in [2.05, 4.69) is 31.9 Å². The number of anilines is 1. The van der Waals surface area contributed by atoms with Gasteiger partial charge in [-0.2, -0.15) is 4.68 Å². The Morgan fingerprint density at radius 1 is 1.53 bits per heavy atom. The molecule has 2 aromatic rings. The van der Waals surface area contributed by atoms with Crippen LogP contribution in [0.5, 0.6) is 0 Å². The highest BCUT2D eigenvalue weighted by Crippen LogP contribution is 2.16. The lowest BCUT2D eigenvalue weighted by Gasteiger charge is -2.10. The van der Waals surface area contributed by atoms with Crippen molar-refractivity contribution in [2.24, 2.45) is 0 Å². The summed E-state index contributed by atoms with van der Waals surface area (Å²) in [4.78, 5) is 1.80. The van der Waals surface area contributed by atoms with Crippen molar-refractivity contribution in [2.45, 2.75) is 6.61 Å². The quantitative estimate of drug-likeness (QED) is 0.654. The average molecular weight is 208 g/mol. The third-order valence-electron chi connectivity index (χ3n) is 1.88. The van der Waals surface area contributed by atoms with Gasteiger partial charge in [0.1, 0.15) is 11.9 Å². The summed E-state index contributed by atoms with van der Waals surface area (Å²) in [5, 5.41) is 26.7. The summed E-state index contributed by atoms with van der Waals surface area (Å²) >= 11 is 0. The van der Waals surface area contributed by atoms with Crippen LogP contribution in [0.4, 0.5) is 5.82 Å². The monoisotopic (exact) mass is 208 g/mol. The van der Waals surface area contributed by atoms with Gasteiger partial charge in [-0.25, -0.2) is 5.10 Å². The first-order valence-corrected chi connectivity index (χ1v) is 4.26. The predicted octanol–water partition coefficient (Wildman–Crippen LogP) is -1.26. The number of H-pyrrole nitrogens is 1. The van der Waals surface area contributed by atoms with Gasteiger partial charge in [0.25, 0.3) is 0 Å². The average Bonchev–Trinajstić information content (AvgIpc) is 2.85. The van der Waals surface area contributed by atoms with E-state index in [-0.39, 0.29) is 6.61 Å². The van der Waals surface area contributed by atoms with E-state index in [1.165, 1.54) is 4.68 Å². The van der Waals surface area contributed by atoms with Crippen LogP contribution in [0.1, 0.15) is 5.69 Å². The number of hydrogen-bond donors (Lipinski definition) is 2. The molecule has 2 N–H and O–H groups in total. The molecule has 2 heterocycles. The van der Waals surface area contributed by atoms with Crippen molar-refractivity contribution in [1.29, 1.82) is 0 Å². The Labute approximate surface area is 85.5 Å². The number of hydrogen-bond acceptors (Lipinski definition) is 6. The van der Waals surface area contributed by atoms with Crippen LogP contribution in [-0.2, 0) is 6.61 Å². The normalized spacial score (nSPS) is 10.6. The molecule has 0 bridgehead atoms. The molecule has 0 atom stereocenters. The first-order valence-electron chi connectivity index (χ1n) is 4.26. The first-order chi connectivity index (χ1) is 7.24. The smallest absolute Gasteiger partial charge is 0.221 e. The molecule has 8 nitrogen and oxygen atoms in total. The van der Waals surface area contributed by atoms with Gasteiger partial charge in [-0.3, -0.25) is 0 Å². The molecule has 0 unspecified atom stereocenters. The molecule has 0 saturated carbocycles. The standard InChI is InChI=1S/C7H10N7O/c1-13(2)6-7(10-11-9-6)14-5(4-15)3-8-12-14/h15H,4H2,1-2H3,(H,9,10,11). The lowest BCUT2D eigenvalue weighted by molar-refractivity contribution is 0.272. The predicted molar refractivity (Wildman–Crippen MR) is 50.4 cm³/mol. The zero-order chi connectivity index (χ0) is 10.8. The molecule has 79 valence electrons. The van der Waals surface area contributed by atoms with Crippen LogP contribution in [0.25, 0.3) is 5.82 Å². The Morgan fingerprint density at radius 3 is 3.00 bits per heavy atom. The van der Waals surface area contributed by atoms with Crippen molar-refractivity contribution in [3.8, 4) is 5.82 Å². The highest BCUT2D eigenvalue weighted by molar-refractivity contribution is 5.50. The summed E-state index contributed by atoms with van der Waals surface area (Å²) in [7, 11) is 3.69. The van der Waals surface area contributed by atoms with E-state index in [0.29, 0.717) is 17.3 Å². The Bertz CT molecular complexity index is 446. The number of rotatable bonds is 3. The molecule has 15 heavy (non-hydrogen) atoms. The van der Waals surface area contributed by atoms with Crippen LogP contribution in [0, 0.1) is 6.20 Å². The maximum Gasteiger partial charge on any atom is 0.221 e. The number of aliphatic hydroxyl groups is 1. The molecule has 0 aliphatic rings. The van der Waals surface area contributed by atoms with Crippen molar-refractivity contribution >= 4 is 5.82 Å². The zero-order valence-electron chi connectivity index (χ0n) is 8.34. The third-order valence-corrected chi connectivity index (χ3v) is 1.88. The summed E-state index contributed by atoms with van der Waals surface area (Å²) in [5.74, 6) is 1.17. The molecular formula is C7H10N7O. The van der Waals surface area contributed by atoms with E-state index in [1.807, 2.05) is 14.1 Å². The van der Waals surface area contributed by atoms with E-state index in [1.54, 1.807) is 4.90 Å². The molecule has 0 fully saturated rings. The Hall–Kier alpha value is -1.96. The second kappa shape index (κ2) is 3.65. The summed E-state index contributed by atoms with van der Waals surface area (Å²) in [6.45, 7) is -0.202. The summed E-state index contributed by atoms with van der Waals surface area (Å²) in [5.41, 5.74) is 0.437. The minimum Gasteiger partial charge on any atom is -0.390 e. The molecule has 0 aliphatic heterocycles. The van der Waals surface area contributed by atoms with Crippen LogP contribution in [-0.4, -0.2) is 49.6 Å². The molecule has 0 aliphatic carbocycles. The maximum atomic E-state index is 9.03. The summed E-state index contributed by atoms with van der Waals surface area (Å²) in [6.07, 6.45) is 2.56. The Morgan fingerprint density at radius 2 is 2.33 bits per heavy atom. The minimum absolute atomic E-state index is 0.202. The summed E-state index contributed by atoms with van der Waals surface area (Å²) < 4.78 is 1.39. The van der Waals surface area contributed by atoms with Gasteiger partial charge in [-0.15, -0.1) is 10.2 Å². The molecule has 0 aromatic carbocycles. The van der Waals surface area contributed by atoms with Gasteiger partial charge in [0.15, 0.2) is 5.82 Å². The van der Waals surface area contributed by atoms with Crippen molar-refractivity contribution in [3.05, 3.63) is 11.9 Å². The van der Waals surface area contributed by atoms with Crippen LogP contribution < -0.4 is 4.90 Å². The van der Waals surface area contributed by atoms with Crippen molar-refractivity contribution < 1.29 is 5.11 Å². The van der Waals surface area contributed by atoms with Gasteiger partial charge in [0.2, 0.25) is 5.82 Å². The fourth-order valence-corrected chi connectivity index (χ4v) is 1.16. The van der Waals surface area contributed by atoms with E-state index in [9.17, 15) is 0 Å². The number of aliphatic hydroxyl groups excluding tert-OH is 1. The zero-order valence-corrected chi connectivity index (χ0v) is 8.34. The second-order valence-corrected chi connectivity index (χ2v) is 3.10. The fourth-order valence-electron chi connectivity index (χ4n) is 1.16. The SMILES string of the molecule is CN(C)c1[nH]nnc1-n1nn[c]c1CO. The minimum atomic E-state index is -0.202. The molecule has 2 aromatic heterocycles. The van der Waals surface area contributed by atoms with Gasteiger partial charge in [0, 0.05) is 14.1 Å². The fraction of sp³-hybridized carbons (Fsp3) is 0.429. The first kappa shape index (κ1) is 9.59. The largest absolute Gasteiger partial charge is 0.390 e. The van der Waals surface area contributed by atoms with Gasteiger partial charge >= 0.3 is 0 Å². The lowest BCUT2D eigenvalue weighted by atomic mass is 10.5. The molecule has 0 saturated heterocycles. The highest BCUT2D eigenvalue weighted by atomic mass is 16.3. The van der Waals surface area contributed by atoms with Gasteiger partial charge in [0.05, 0.1) is 6.61 Å². The second-order valence-electron chi connectivity index (χ2n) is 3.10. The van der Waals surface area contributed by atoms with Gasteiger partial charge in [-0.1, -0.05) is 10.4 Å². The maximum absolute atomic E-state index is 9.03. The lowest BCUT2D eigenvalue weighted by Crippen LogP contribution is -2.14. The molecule has 0 amide bonds. The highest BCUT2D eigenvalue weighted by Gasteiger charge is 2.15. The third kappa shape index (κ3) is 1.54. The molecule has 8 heteroatoms. The summed E-state index contributed by atoms with van der Waals surface area (Å²) in [6, 6.07) is 0. The number of nitrogens with zero attached hydrogens (tertiary/aromatic N) is 6. The van der Waals surface area contributed by atoms with Crippen LogP contribution >= 0.6 is 0 Å².